The molecule has 0 saturated heterocycles. The van der Waals surface area contributed by atoms with Crippen LogP contribution in [-0.2, 0) is 5.41 Å². The van der Waals surface area contributed by atoms with E-state index in [1.807, 2.05) is 11.3 Å². The van der Waals surface area contributed by atoms with E-state index in [0.29, 0.717) is 0 Å². The molecule has 0 atom stereocenters. The highest BCUT2D eigenvalue weighted by Gasteiger charge is 2.52. The summed E-state index contributed by atoms with van der Waals surface area (Å²) in [6.45, 7) is 0. The van der Waals surface area contributed by atoms with Crippen LogP contribution in [-0.4, -0.2) is 0 Å². The number of para-hydroxylation sites is 1. The zero-order chi connectivity index (χ0) is 44.5. The minimum absolute atomic E-state index is 0.468. The molecule has 2 heterocycles. The molecule has 15 rings (SSSR count). The zero-order valence-electron chi connectivity index (χ0n) is 36.8. The van der Waals surface area contributed by atoms with Gasteiger partial charge in [-0.2, -0.15) is 0 Å². The van der Waals surface area contributed by atoms with Gasteiger partial charge in [-0.15, -0.1) is 11.3 Å². The van der Waals surface area contributed by atoms with Gasteiger partial charge in [-0.3, -0.25) is 0 Å². The van der Waals surface area contributed by atoms with Gasteiger partial charge < -0.3 is 9.32 Å². The first-order valence-electron chi connectivity index (χ1n) is 23.4. The molecular formula is C65H39NOS. The van der Waals surface area contributed by atoms with Crippen LogP contribution in [0, 0.1) is 0 Å². The maximum Gasteiger partial charge on any atom is 0.143 e. The van der Waals surface area contributed by atoms with E-state index in [0.717, 1.165) is 55.5 Å². The first kappa shape index (κ1) is 37.7. The lowest BCUT2D eigenvalue weighted by molar-refractivity contribution is 0.672. The molecule has 0 fully saturated rings. The van der Waals surface area contributed by atoms with Crippen LogP contribution in [0.2, 0.25) is 0 Å². The first-order chi connectivity index (χ1) is 33.7. The Balaban J connectivity index is 0.975. The summed E-state index contributed by atoms with van der Waals surface area (Å²) >= 11 is 1.88. The molecule has 1 spiro atoms. The molecule has 0 unspecified atom stereocenters. The van der Waals surface area contributed by atoms with E-state index in [9.17, 15) is 0 Å². The molecule has 0 saturated carbocycles. The number of thiophene rings is 1. The summed E-state index contributed by atoms with van der Waals surface area (Å²) in [5.74, 6) is 0. The number of nitrogens with zero attached hydrogens (tertiary/aromatic N) is 1. The first-order valence-corrected chi connectivity index (χ1v) is 24.2. The van der Waals surface area contributed by atoms with Gasteiger partial charge in [0.15, 0.2) is 0 Å². The Morgan fingerprint density at radius 1 is 0.368 bits per heavy atom. The highest BCUT2D eigenvalue weighted by molar-refractivity contribution is 7.26. The number of anilines is 3. The number of hydrogen-bond acceptors (Lipinski definition) is 3. The van der Waals surface area contributed by atoms with E-state index in [-0.39, 0.29) is 0 Å². The average Bonchev–Trinajstić information content (AvgIpc) is 4.15. The largest absolute Gasteiger partial charge is 0.455 e. The summed E-state index contributed by atoms with van der Waals surface area (Å²) in [4.78, 5) is 2.52. The van der Waals surface area contributed by atoms with Crippen molar-refractivity contribution in [3.05, 3.63) is 259 Å². The van der Waals surface area contributed by atoms with Crippen LogP contribution >= 0.6 is 11.3 Å². The molecular weight excluding hydrogens is 843 g/mol. The van der Waals surface area contributed by atoms with E-state index < -0.39 is 5.41 Å². The van der Waals surface area contributed by atoms with Crippen LogP contribution in [0.15, 0.2) is 241 Å². The Hall–Kier alpha value is -8.50. The lowest BCUT2D eigenvalue weighted by atomic mass is 9.70. The van der Waals surface area contributed by atoms with Crippen molar-refractivity contribution in [2.75, 3.05) is 4.90 Å². The SMILES string of the molecule is c1ccc(N(c2ccc(-c3cccc4c3sc3ccccc34)cc2)c2cccc3c2-c2ccccc2C32c3ccccc3-c3ccccc32)c(-c2ccc3oc4c5ccccc5ccc4c3c2)c1. The lowest BCUT2D eigenvalue weighted by Gasteiger charge is -2.32. The molecule has 68 heavy (non-hydrogen) atoms. The monoisotopic (exact) mass is 881 g/mol. The normalized spacial score (nSPS) is 13.1. The highest BCUT2D eigenvalue weighted by Crippen LogP contribution is 2.65. The predicted octanol–water partition coefficient (Wildman–Crippen LogP) is 18.3. The fourth-order valence-corrected chi connectivity index (χ4v) is 13.3. The molecule has 0 N–H and O–H groups in total. The quantitative estimate of drug-likeness (QED) is 0.171. The molecule has 3 heteroatoms. The fraction of sp³-hybridized carbons (Fsp3) is 0.0154. The number of rotatable bonds is 5. The van der Waals surface area contributed by atoms with Gasteiger partial charge in [-0.05, 0) is 110 Å². The summed E-state index contributed by atoms with van der Waals surface area (Å²) in [6, 6.07) is 87.6. The van der Waals surface area contributed by atoms with Gasteiger partial charge >= 0.3 is 0 Å². The van der Waals surface area contributed by atoms with Crippen molar-refractivity contribution in [2.45, 2.75) is 5.41 Å². The number of furan rings is 1. The summed E-state index contributed by atoms with van der Waals surface area (Å²) in [7, 11) is 0. The van der Waals surface area contributed by atoms with E-state index in [2.05, 4.69) is 241 Å². The second kappa shape index (κ2) is 14.3. The maximum atomic E-state index is 6.63. The van der Waals surface area contributed by atoms with Crippen molar-refractivity contribution in [3.63, 3.8) is 0 Å². The molecule has 0 bridgehead atoms. The maximum absolute atomic E-state index is 6.63. The third kappa shape index (κ3) is 5.11. The predicted molar refractivity (Wildman–Crippen MR) is 286 cm³/mol. The zero-order valence-corrected chi connectivity index (χ0v) is 37.6. The summed E-state index contributed by atoms with van der Waals surface area (Å²) in [5.41, 5.74) is 19.8. The molecule has 2 aromatic heterocycles. The van der Waals surface area contributed by atoms with E-state index in [1.54, 1.807) is 0 Å². The Labute approximate surface area is 397 Å². The second-order valence-corrected chi connectivity index (χ2v) is 19.3. The van der Waals surface area contributed by atoms with Crippen LogP contribution in [0.1, 0.15) is 22.3 Å². The summed E-state index contributed by atoms with van der Waals surface area (Å²) in [6.07, 6.45) is 0. The van der Waals surface area contributed by atoms with E-state index in [4.69, 9.17) is 4.42 Å². The average molecular weight is 882 g/mol. The Morgan fingerprint density at radius 3 is 1.76 bits per heavy atom. The van der Waals surface area contributed by atoms with Crippen molar-refractivity contribution in [1.29, 1.82) is 0 Å². The molecule has 316 valence electrons. The molecule has 0 aliphatic heterocycles. The topological polar surface area (TPSA) is 16.4 Å². The molecule has 2 aliphatic rings. The van der Waals surface area contributed by atoms with Crippen LogP contribution in [0.5, 0.6) is 0 Å². The van der Waals surface area contributed by atoms with Crippen LogP contribution in [0.4, 0.5) is 17.1 Å². The van der Waals surface area contributed by atoms with Crippen molar-refractivity contribution < 1.29 is 4.42 Å². The molecule has 2 aliphatic carbocycles. The van der Waals surface area contributed by atoms with Crippen molar-refractivity contribution >= 4 is 81.3 Å². The van der Waals surface area contributed by atoms with Crippen LogP contribution in [0.3, 0.4) is 0 Å². The highest BCUT2D eigenvalue weighted by atomic mass is 32.1. The third-order valence-corrected chi connectivity index (χ3v) is 16.1. The van der Waals surface area contributed by atoms with Crippen LogP contribution in [0.25, 0.3) is 97.4 Å². The number of benzene rings is 11. The van der Waals surface area contributed by atoms with Gasteiger partial charge in [0.1, 0.15) is 11.2 Å². The van der Waals surface area contributed by atoms with Crippen LogP contribution < -0.4 is 4.90 Å². The fourth-order valence-electron chi connectivity index (χ4n) is 12.1. The Kier molecular flexibility index (Phi) is 7.90. The summed E-state index contributed by atoms with van der Waals surface area (Å²) < 4.78 is 9.27. The van der Waals surface area contributed by atoms with Crippen molar-refractivity contribution in [1.82, 2.24) is 0 Å². The smallest absolute Gasteiger partial charge is 0.143 e. The standard InChI is InChI=1S/C65H39NOS/c1-2-17-45-40(15-1)33-37-50-53-39-42(34-38-60(53)67-63(45)50)44-16-6-11-28-58(44)66(43-35-31-41(32-36-43)46-22-13-23-51-49-20-7-12-30-61(49)68-64(46)51)59-29-14-27-57-62(59)52-21-5-10-26-56(52)65(57)54-24-8-3-18-47(54)48-19-4-9-25-55(48)65/h1-39H. The third-order valence-electron chi connectivity index (χ3n) is 14.9. The van der Waals surface area contributed by atoms with Gasteiger partial charge in [0.25, 0.3) is 0 Å². The van der Waals surface area contributed by atoms with Crippen molar-refractivity contribution in [3.8, 4) is 44.5 Å². The van der Waals surface area contributed by atoms with Gasteiger partial charge in [0, 0.05) is 53.1 Å². The molecule has 13 aromatic rings. The molecule has 0 amide bonds. The van der Waals surface area contributed by atoms with Gasteiger partial charge in [-0.1, -0.05) is 188 Å². The molecule has 2 nitrogen and oxygen atoms in total. The second-order valence-electron chi connectivity index (χ2n) is 18.2. The van der Waals surface area contributed by atoms with E-state index in [1.165, 1.54) is 81.2 Å². The minimum atomic E-state index is -0.468. The minimum Gasteiger partial charge on any atom is -0.455 e. The lowest BCUT2D eigenvalue weighted by Crippen LogP contribution is -2.26. The Morgan fingerprint density at radius 2 is 0.956 bits per heavy atom. The Bertz CT molecular complexity index is 4180. The molecule has 11 aromatic carbocycles. The van der Waals surface area contributed by atoms with Gasteiger partial charge in [0.05, 0.1) is 16.8 Å². The van der Waals surface area contributed by atoms with E-state index >= 15 is 0 Å². The van der Waals surface area contributed by atoms with Crippen molar-refractivity contribution in [2.24, 2.45) is 0 Å². The summed E-state index contributed by atoms with van der Waals surface area (Å²) in [5, 5.41) is 7.16. The molecule has 0 radical (unpaired) electrons. The number of hydrogen-bond donors (Lipinski definition) is 0. The number of fused-ring (bicyclic) bond motifs is 18. The van der Waals surface area contributed by atoms with Gasteiger partial charge in [0.2, 0.25) is 0 Å². The van der Waals surface area contributed by atoms with Gasteiger partial charge in [-0.25, -0.2) is 0 Å².